The van der Waals surface area contributed by atoms with Gasteiger partial charge < -0.3 is 15.4 Å². The van der Waals surface area contributed by atoms with Crippen molar-refractivity contribution < 1.29 is 18.7 Å². The van der Waals surface area contributed by atoms with Crippen molar-refractivity contribution in [2.45, 2.75) is 19.9 Å². The summed E-state index contributed by atoms with van der Waals surface area (Å²) in [4.78, 5) is 30.0. The number of carbonyl (C=O) groups is 2. The predicted octanol–water partition coefficient (Wildman–Crippen LogP) is 1.99. The normalized spacial score (nSPS) is 18.9. The van der Waals surface area contributed by atoms with Crippen LogP contribution < -0.4 is 15.4 Å². The first-order chi connectivity index (χ1) is 15.0. The van der Waals surface area contributed by atoms with Crippen LogP contribution in [0.25, 0.3) is 0 Å². The lowest BCUT2D eigenvalue weighted by atomic mass is 9.88. The number of hydrogen-bond donors (Lipinski definition) is 2. The molecule has 7 nitrogen and oxygen atoms in total. The van der Waals surface area contributed by atoms with Crippen molar-refractivity contribution in [1.29, 1.82) is 0 Å². The number of rotatable bonds is 9. The van der Waals surface area contributed by atoms with Crippen molar-refractivity contribution in [2.75, 3.05) is 32.8 Å². The van der Waals surface area contributed by atoms with Crippen LogP contribution in [0, 0.1) is 17.7 Å². The number of ether oxygens (including phenoxy) is 1. The SMILES string of the molecule is CC(=O)NCCNC(=O)[C@@H]1C[C@H](COc2cccc(F)c2)CN(Cc2ccncc2)C1. The molecule has 2 N–H and O–H groups in total. The van der Waals surface area contributed by atoms with Crippen LogP contribution in [0.5, 0.6) is 5.75 Å². The molecule has 0 saturated carbocycles. The highest BCUT2D eigenvalue weighted by Gasteiger charge is 2.32. The Hall–Kier alpha value is -3.00. The Morgan fingerprint density at radius 1 is 1.16 bits per heavy atom. The molecule has 1 aliphatic rings. The fourth-order valence-electron chi connectivity index (χ4n) is 3.83. The molecule has 1 fully saturated rings. The number of likely N-dealkylation sites (tertiary alicyclic amines) is 1. The highest BCUT2D eigenvalue weighted by atomic mass is 19.1. The molecule has 2 heterocycles. The number of pyridine rings is 1. The molecule has 31 heavy (non-hydrogen) atoms. The van der Waals surface area contributed by atoms with Crippen LogP contribution in [-0.4, -0.2) is 54.5 Å². The summed E-state index contributed by atoms with van der Waals surface area (Å²) in [6, 6.07) is 10.0. The quantitative estimate of drug-likeness (QED) is 0.597. The van der Waals surface area contributed by atoms with Crippen LogP contribution in [0.2, 0.25) is 0 Å². The third-order valence-electron chi connectivity index (χ3n) is 5.22. The highest BCUT2D eigenvalue weighted by Crippen LogP contribution is 2.25. The molecular weight excluding hydrogens is 399 g/mol. The fourth-order valence-corrected chi connectivity index (χ4v) is 3.83. The number of hydrogen-bond acceptors (Lipinski definition) is 5. The second-order valence-corrected chi connectivity index (χ2v) is 7.89. The Labute approximate surface area is 182 Å². The van der Waals surface area contributed by atoms with E-state index >= 15 is 0 Å². The Kier molecular flexibility index (Phi) is 8.35. The maximum atomic E-state index is 13.4. The van der Waals surface area contributed by atoms with E-state index in [1.54, 1.807) is 24.5 Å². The van der Waals surface area contributed by atoms with Gasteiger partial charge in [-0.3, -0.25) is 19.5 Å². The molecule has 1 saturated heterocycles. The Bertz CT molecular complexity index is 865. The van der Waals surface area contributed by atoms with Crippen LogP contribution in [0.3, 0.4) is 0 Å². The molecule has 166 valence electrons. The number of nitrogens with zero attached hydrogens (tertiary/aromatic N) is 2. The van der Waals surface area contributed by atoms with E-state index in [1.807, 2.05) is 12.1 Å². The zero-order chi connectivity index (χ0) is 22.1. The van der Waals surface area contributed by atoms with E-state index in [1.165, 1.54) is 19.1 Å². The van der Waals surface area contributed by atoms with E-state index in [9.17, 15) is 14.0 Å². The Morgan fingerprint density at radius 2 is 1.94 bits per heavy atom. The molecule has 1 aromatic carbocycles. The van der Waals surface area contributed by atoms with Gasteiger partial charge in [-0.05, 0) is 36.2 Å². The molecule has 0 aliphatic carbocycles. The van der Waals surface area contributed by atoms with E-state index in [-0.39, 0.29) is 29.5 Å². The number of carbonyl (C=O) groups excluding carboxylic acids is 2. The van der Waals surface area contributed by atoms with E-state index in [0.717, 1.165) is 12.1 Å². The summed E-state index contributed by atoms with van der Waals surface area (Å²) in [6.07, 6.45) is 4.21. The number of amides is 2. The topological polar surface area (TPSA) is 83.6 Å². The molecule has 0 spiro atoms. The lowest BCUT2D eigenvalue weighted by molar-refractivity contribution is -0.128. The van der Waals surface area contributed by atoms with Crippen LogP contribution in [0.15, 0.2) is 48.8 Å². The molecule has 3 rings (SSSR count). The van der Waals surface area contributed by atoms with Gasteiger partial charge in [0.05, 0.1) is 12.5 Å². The van der Waals surface area contributed by atoms with Gasteiger partial charge in [0, 0.05) is 64.0 Å². The van der Waals surface area contributed by atoms with Crippen molar-refractivity contribution in [1.82, 2.24) is 20.5 Å². The summed E-state index contributed by atoms with van der Waals surface area (Å²) in [6.45, 7) is 4.80. The summed E-state index contributed by atoms with van der Waals surface area (Å²) in [5.41, 5.74) is 1.13. The summed E-state index contributed by atoms with van der Waals surface area (Å²) in [7, 11) is 0. The zero-order valence-electron chi connectivity index (χ0n) is 17.7. The first-order valence-corrected chi connectivity index (χ1v) is 10.5. The van der Waals surface area contributed by atoms with Gasteiger partial charge in [-0.15, -0.1) is 0 Å². The van der Waals surface area contributed by atoms with Gasteiger partial charge in [0.1, 0.15) is 11.6 Å². The lowest BCUT2D eigenvalue weighted by Crippen LogP contribution is -2.48. The summed E-state index contributed by atoms with van der Waals surface area (Å²) >= 11 is 0. The molecule has 0 bridgehead atoms. The van der Waals surface area contributed by atoms with Gasteiger partial charge in [0.15, 0.2) is 0 Å². The van der Waals surface area contributed by atoms with Gasteiger partial charge in [0.25, 0.3) is 0 Å². The molecule has 0 radical (unpaired) electrons. The largest absolute Gasteiger partial charge is 0.493 e. The van der Waals surface area contributed by atoms with Crippen molar-refractivity contribution >= 4 is 11.8 Å². The number of benzene rings is 1. The third kappa shape index (κ3) is 7.64. The molecule has 2 aromatic rings. The smallest absolute Gasteiger partial charge is 0.224 e. The van der Waals surface area contributed by atoms with E-state index < -0.39 is 0 Å². The molecule has 2 amide bonds. The highest BCUT2D eigenvalue weighted by molar-refractivity contribution is 5.79. The minimum atomic E-state index is -0.336. The fraction of sp³-hybridized carbons (Fsp3) is 0.435. The second-order valence-electron chi connectivity index (χ2n) is 7.89. The summed E-state index contributed by atoms with van der Waals surface area (Å²) in [5.74, 6) is -0.0519. The van der Waals surface area contributed by atoms with Gasteiger partial charge in [0.2, 0.25) is 11.8 Å². The van der Waals surface area contributed by atoms with E-state index in [2.05, 4.69) is 20.5 Å². The first kappa shape index (κ1) is 22.7. The standard InChI is InChI=1S/C23H29FN4O3/c1-17(29)26-9-10-27-23(30)20-11-19(16-31-22-4-2-3-21(24)12-22)14-28(15-20)13-18-5-7-25-8-6-18/h2-8,12,19-20H,9-11,13-16H2,1H3,(H,26,29)(H,27,30)/t19-,20+/m0/s1. The Morgan fingerprint density at radius 3 is 2.68 bits per heavy atom. The van der Waals surface area contributed by atoms with Crippen LogP contribution in [-0.2, 0) is 16.1 Å². The van der Waals surface area contributed by atoms with Crippen molar-refractivity contribution in [3.05, 3.63) is 60.2 Å². The molecule has 1 aliphatic heterocycles. The second kappa shape index (κ2) is 11.4. The minimum absolute atomic E-state index is 0.0273. The van der Waals surface area contributed by atoms with Gasteiger partial charge >= 0.3 is 0 Å². The maximum absolute atomic E-state index is 13.4. The number of halogens is 1. The average Bonchev–Trinajstić information content (AvgIpc) is 2.75. The van der Waals surface area contributed by atoms with Crippen LogP contribution >= 0.6 is 0 Å². The molecule has 1 aromatic heterocycles. The number of aromatic nitrogens is 1. The Balaban J connectivity index is 1.60. The van der Waals surface area contributed by atoms with Crippen LogP contribution in [0.4, 0.5) is 4.39 Å². The van der Waals surface area contributed by atoms with Gasteiger partial charge in [-0.1, -0.05) is 6.07 Å². The van der Waals surface area contributed by atoms with Crippen molar-refractivity contribution in [3.63, 3.8) is 0 Å². The predicted molar refractivity (Wildman–Crippen MR) is 115 cm³/mol. The molecule has 2 atom stereocenters. The first-order valence-electron chi connectivity index (χ1n) is 10.5. The third-order valence-corrected chi connectivity index (χ3v) is 5.22. The van der Waals surface area contributed by atoms with Crippen molar-refractivity contribution in [3.8, 4) is 5.75 Å². The average molecular weight is 429 g/mol. The van der Waals surface area contributed by atoms with E-state index in [4.69, 9.17) is 4.74 Å². The molecule has 8 heteroatoms. The van der Waals surface area contributed by atoms with Crippen molar-refractivity contribution in [2.24, 2.45) is 11.8 Å². The van der Waals surface area contributed by atoms with Crippen LogP contribution in [0.1, 0.15) is 18.9 Å². The van der Waals surface area contributed by atoms with Gasteiger partial charge in [-0.2, -0.15) is 0 Å². The zero-order valence-corrected chi connectivity index (χ0v) is 17.7. The number of nitrogens with one attached hydrogen (secondary N) is 2. The molecule has 0 unspecified atom stereocenters. The minimum Gasteiger partial charge on any atom is -0.493 e. The summed E-state index contributed by atoms with van der Waals surface area (Å²) < 4.78 is 19.3. The molecular formula is C23H29FN4O3. The summed E-state index contributed by atoms with van der Waals surface area (Å²) in [5, 5.41) is 5.59. The van der Waals surface area contributed by atoms with E-state index in [0.29, 0.717) is 45.0 Å². The van der Waals surface area contributed by atoms with Gasteiger partial charge in [-0.25, -0.2) is 4.39 Å². The maximum Gasteiger partial charge on any atom is 0.224 e. The number of piperidine rings is 1. The monoisotopic (exact) mass is 428 g/mol. The lowest BCUT2D eigenvalue weighted by Gasteiger charge is -2.37.